The van der Waals surface area contributed by atoms with Gasteiger partial charge in [0.15, 0.2) is 0 Å². The van der Waals surface area contributed by atoms with Gasteiger partial charge in [-0.05, 0) is 31.2 Å². The van der Waals surface area contributed by atoms with E-state index in [1.165, 1.54) is 0 Å². The van der Waals surface area contributed by atoms with Gasteiger partial charge in [-0.3, -0.25) is 0 Å². The van der Waals surface area contributed by atoms with Crippen molar-refractivity contribution in [3.8, 4) is 0 Å². The van der Waals surface area contributed by atoms with E-state index in [-0.39, 0.29) is 0 Å². The lowest BCUT2D eigenvalue weighted by atomic mass is 10.3. The Morgan fingerprint density at radius 3 is 2.50 bits per heavy atom. The van der Waals surface area contributed by atoms with E-state index in [0.29, 0.717) is 16.4 Å². The SMILES string of the molecule is CC(=N)/C(N)=C\Nc1ccc(Cl)cc1. The fourth-order valence-corrected chi connectivity index (χ4v) is 0.941. The Bertz CT molecular complexity index is 354. The molecule has 1 rings (SSSR count). The molecule has 14 heavy (non-hydrogen) atoms. The Morgan fingerprint density at radius 2 is 2.00 bits per heavy atom. The van der Waals surface area contributed by atoms with Crippen molar-refractivity contribution >= 4 is 23.0 Å². The van der Waals surface area contributed by atoms with Crippen LogP contribution in [0.25, 0.3) is 0 Å². The highest BCUT2D eigenvalue weighted by Crippen LogP contribution is 2.13. The van der Waals surface area contributed by atoms with Gasteiger partial charge in [0.25, 0.3) is 0 Å². The van der Waals surface area contributed by atoms with Gasteiger partial charge in [0.1, 0.15) is 0 Å². The molecule has 74 valence electrons. The molecule has 0 aliphatic heterocycles. The zero-order valence-electron chi connectivity index (χ0n) is 7.84. The highest BCUT2D eigenvalue weighted by molar-refractivity contribution is 6.30. The van der Waals surface area contributed by atoms with E-state index in [1.807, 2.05) is 12.1 Å². The first-order valence-electron chi connectivity index (χ1n) is 4.13. The molecule has 0 saturated heterocycles. The molecule has 0 amide bonds. The summed E-state index contributed by atoms with van der Waals surface area (Å²) in [6, 6.07) is 7.24. The Hall–Kier alpha value is -1.48. The Kier molecular flexibility index (Phi) is 3.54. The molecule has 0 spiro atoms. The molecule has 0 aromatic heterocycles. The highest BCUT2D eigenvalue weighted by Gasteiger charge is 1.92. The smallest absolute Gasteiger partial charge is 0.0685 e. The maximum atomic E-state index is 7.25. The second-order valence-electron chi connectivity index (χ2n) is 2.88. The molecule has 4 N–H and O–H groups in total. The van der Waals surface area contributed by atoms with Crippen LogP contribution >= 0.6 is 11.6 Å². The minimum atomic E-state index is 0.339. The lowest BCUT2D eigenvalue weighted by molar-refractivity contribution is 1.36. The van der Waals surface area contributed by atoms with Crippen LogP contribution < -0.4 is 11.1 Å². The van der Waals surface area contributed by atoms with E-state index in [0.717, 1.165) is 5.69 Å². The summed E-state index contributed by atoms with van der Waals surface area (Å²) in [5, 5.41) is 10.9. The van der Waals surface area contributed by atoms with Crippen LogP contribution in [0.2, 0.25) is 5.02 Å². The van der Waals surface area contributed by atoms with E-state index < -0.39 is 0 Å². The second-order valence-corrected chi connectivity index (χ2v) is 3.31. The molecular formula is C10H12ClN3. The molecule has 3 nitrogen and oxygen atoms in total. The van der Waals surface area contributed by atoms with Crippen LogP contribution in [0.3, 0.4) is 0 Å². The van der Waals surface area contributed by atoms with Gasteiger partial charge in [-0.15, -0.1) is 0 Å². The van der Waals surface area contributed by atoms with Gasteiger partial charge in [-0.1, -0.05) is 11.6 Å². The first-order valence-corrected chi connectivity index (χ1v) is 4.50. The van der Waals surface area contributed by atoms with E-state index in [2.05, 4.69) is 5.32 Å². The van der Waals surface area contributed by atoms with E-state index in [1.54, 1.807) is 25.3 Å². The zero-order valence-corrected chi connectivity index (χ0v) is 8.60. The molecule has 0 fully saturated rings. The van der Waals surface area contributed by atoms with Crippen LogP contribution in [0.15, 0.2) is 36.2 Å². The number of hydrogen-bond donors (Lipinski definition) is 3. The summed E-state index contributed by atoms with van der Waals surface area (Å²) in [5.41, 5.74) is 7.19. The molecule has 1 aromatic carbocycles. The Morgan fingerprint density at radius 1 is 1.43 bits per heavy atom. The van der Waals surface area contributed by atoms with Crippen LogP contribution in [-0.2, 0) is 0 Å². The topological polar surface area (TPSA) is 61.9 Å². The van der Waals surface area contributed by atoms with E-state index >= 15 is 0 Å². The van der Waals surface area contributed by atoms with E-state index in [4.69, 9.17) is 22.7 Å². The summed E-state index contributed by atoms with van der Waals surface area (Å²) in [7, 11) is 0. The minimum absolute atomic E-state index is 0.339. The maximum Gasteiger partial charge on any atom is 0.0685 e. The summed E-state index contributed by atoms with van der Waals surface area (Å²) in [6.45, 7) is 1.63. The normalized spacial score (nSPS) is 11.1. The van der Waals surface area contributed by atoms with E-state index in [9.17, 15) is 0 Å². The molecular weight excluding hydrogens is 198 g/mol. The van der Waals surface area contributed by atoms with Crippen molar-refractivity contribution in [3.63, 3.8) is 0 Å². The third-order valence-corrected chi connectivity index (χ3v) is 1.92. The second kappa shape index (κ2) is 4.67. The number of halogens is 1. The van der Waals surface area contributed by atoms with Crippen molar-refractivity contribution in [1.29, 1.82) is 5.41 Å². The number of nitrogens with two attached hydrogens (primary N) is 1. The summed E-state index contributed by atoms with van der Waals surface area (Å²) >= 11 is 5.72. The number of anilines is 1. The fourth-order valence-electron chi connectivity index (χ4n) is 0.815. The van der Waals surface area contributed by atoms with Crippen LogP contribution in [-0.4, -0.2) is 5.71 Å². The van der Waals surface area contributed by atoms with Crippen LogP contribution in [0.4, 0.5) is 5.69 Å². The van der Waals surface area contributed by atoms with Gasteiger partial charge in [-0.2, -0.15) is 0 Å². The summed E-state index contributed by atoms with van der Waals surface area (Å²) < 4.78 is 0. The first kappa shape index (κ1) is 10.6. The molecule has 0 aliphatic rings. The lowest BCUT2D eigenvalue weighted by Crippen LogP contribution is -2.08. The largest absolute Gasteiger partial charge is 0.396 e. The van der Waals surface area contributed by atoms with Gasteiger partial charge in [-0.25, -0.2) is 0 Å². The van der Waals surface area contributed by atoms with Crippen LogP contribution in [0, 0.1) is 5.41 Å². The number of allylic oxidation sites excluding steroid dienone is 1. The molecule has 0 unspecified atom stereocenters. The monoisotopic (exact) mass is 209 g/mol. The molecule has 0 atom stereocenters. The van der Waals surface area contributed by atoms with Gasteiger partial charge >= 0.3 is 0 Å². The van der Waals surface area contributed by atoms with Crippen molar-refractivity contribution in [2.24, 2.45) is 5.73 Å². The van der Waals surface area contributed by atoms with Gasteiger partial charge < -0.3 is 16.5 Å². The average molecular weight is 210 g/mol. The third kappa shape index (κ3) is 3.11. The predicted molar refractivity (Wildman–Crippen MR) is 60.7 cm³/mol. The van der Waals surface area contributed by atoms with Crippen molar-refractivity contribution < 1.29 is 0 Å². The number of benzene rings is 1. The third-order valence-electron chi connectivity index (χ3n) is 1.67. The van der Waals surface area contributed by atoms with Gasteiger partial charge in [0, 0.05) is 16.9 Å². The number of nitrogens with one attached hydrogen (secondary N) is 2. The summed E-state index contributed by atoms with van der Waals surface area (Å²) in [4.78, 5) is 0. The molecule has 0 saturated carbocycles. The van der Waals surface area contributed by atoms with Crippen molar-refractivity contribution in [1.82, 2.24) is 0 Å². The summed E-state index contributed by atoms with van der Waals surface area (Å²) in [6.07, 6.45) is 1.59. The molecule has 0 radical (unpaired) electrons. The van der Waals surface area contributed by atoms with Crippen LogP contribution in [0.5, 0.6) is 0 Å². The number of rotatable bonds is 3. The fraction of sp³-hybridized carbons (Fsp3) is 0.100. The summed E-state index contributed by atoms with van der Waals surface area (Å²) in [5.74, 6) is 0. The quantitative estimate of drug-likeness (QED) is 0.670. The predicted octanol–water partition coefficient (Wildman–Crippen LogP) is 2.59. The van der Waals surface area contributed by atoms with Gasteiger partial charge in [0.05, 0.1) is 11.4 Å². The maximum absolute atomic E-state index is 7.25. The lowest BCUT2D eigenvalue weighted by Gasteiger charge is -2.02. The number of hydrogen-bond acceptors (Lipinski definition) is 3. The molecule has 0 bridgehead atoms. The van der Waals surface area contributed by atoms with Crippen LogP contribution in [0.1, 0.15) is 6.92 Å². The molecule has 1 aromatic rings. The molecule has 4 heteroatoms. The highest BCUT2D eigenvalue weighted by atomic mass is 35.5. The van der Waals surface area contributed by atoms with Gasteiger partial charge in [0.2, 0.25) is 0 Å². The van der Waals surface area contributed by atoms with Crippen molar-refractivity contribution in [3.05, 3.63) is 41.2 Å². The van der Waals surface area contributed by atoms with Crippen molar-refractivity contribution in [2.45, 2.75) is 6.92 Å². The van der Waals surface area contributed by atoms with Crippen molar-refractivity contribution in [2.75, 3.05) is 5.32 Å². The zero-order chi connectivity index (χ0) is 10.6. The Balaban J connectivity index is 2.66. The molecule has 0 heterocycles. The first-order chi connectivity index (χ1) is 6.59. The molecule has 0 aliphatic carbocycles. The average Bonchev–Trinajstić information content (AvgIpc) is 2.16. The minimum Gasteiger partial charge on any atom is -0.396 e. The standard InChI is InChI=1S/C10H12ClN3/c1-7(12)10(13)6-14-9-4-2-8(11)3-5-9/h2-6,12,14H,13H2,1H3/b10-6+,12-7?. The Labute approximate surface area is 88.1 Å².